The van der Waals surface area contributed by atoms with Gasteiger partial charge >= 0.3 is 5.97 Å². The Bertz CT molecular complexity index is 1590. The number of carbonyl (C=O) groups is 1. The molecule has 0 fully saturated rings. The molecule has 1 atom stereocenters. The average molecular weight is 547 g/mol. The van der Waals surface area contributed by atoms with Crippen molar-refractivity contribution < 1.29 is 23.4 Å². The maximum absolute atomic E-state index is 13.3. The van der Waals surface area contributed by atoms with E-state index in [0.29, 0.717) is 46.4 Å². The SMILES string of the molecule is Cc1nc2cc(-c3ncc(Cc4ccc(F)cc4)o3)nn2c(C2=CCC(C)(C)CC2)c1C(OC(C)(C)C)C(=O)O. The molecule has 4 aromatic rings. The van der Waals surface area contributed by atoms with E-state index >= 15 is 0 Å². The van der Waals surface area contributed by atoms with Gasteiger partial charge in [-0.05, 0) is 75.6 Å². The number of carboxylic acid groups (broad SMARTS) is 1. The second-order valence-corrected chi connectivity index (χ2v) is 12.2. The topological polar surface area (TPSA) is 103 Å². The predicted molar refractivity (Wildman–Crippen MR) is 149 cm³/mol. The predicted octanol–water partition coefficient (Wildman–Crippen LogP) is 6.96. The van der Waals surface area contributed by atoms with Gasteiger partial charge in [0.2, 0.25) is 5.89 Å². The summed E-state index contributed by atoms with van der Waals surface area (Å²) in [5.41, 5.74) is 4.19. The smallest absolute Gasteiger partial charge is 0.337 e. The molecule has 0 saturated carbocycles. The number of fused-ring (bicyclic) bond motifs is 1. The van der Waals surface area contributed by atoms with Gasteiger partial charge in [-0.2, -0.15) is 5.10 Å². The molecule has 0 bridgehead atoms. The van der Waals surface area contributed by atoms with E-state index in [1.54, 1.807) is 28.9 Å². The molecule has 1 aliphatic rings. The van der Waals surface area contributed by atoms with Gasteiger partial charge < -0.3 is 14.3 Å². The maximum atomic E-state index is 13.3. The number of rotatable bonds is 7. The van der Waals surface area contributed by atoms with Crippen LogP contribution in [-0.4, -0.2) is 36.3 Å². The fraction of sp³-hybridized carbons (Fsp3) is 0.419. The second-order valence-electron chi connectivity index (χ2n) is 12.2. The highest BCUT2D eigenvalue weighted by Crippen LogP contribution is 2.41. The van der Waals surface area contributed by atoms with E-state index in [2.05, 4.69) is 24.9 Å². The van der Waals surface area contributed by atoms with E-state index in [-0.39, 0.29) is 11.2 Å². The number of aromatic nitrogens is 4. The summed E-state index contributed by atoms with van der Waals surface area (Å²) in [4.78, 5) is 21.7. The molecule has 0 spiro atoms. The second kappa shape index (κ2) is 10.3. The molecule has 3 heterocycles. The van der Waals surface area contributed by atoms with Crippen molar-refractivity contribution in [3.05, 3.63) is 76.7 Å². The van der Waals surface area contributed by atoms with Gasteiger partial charge in [0, 0.05) is 23.7 Å². The third-order valence-electron chi connectivity index (χ3n) is 7.13. The Morgan fingerprint density at radius 3 is 2.60 bits per heavy atom. The van der Waals surface area contributed by atoms with Crippen LogP contribution in [0.1, 0.15) is 88.3 Å². The number of hydrogen-bond donors (Lipinski definition) is 1. The molecule has 9 heteroatoms. The van der Waals surface area contributed by atoms with Crippen molar-refractivity contribution in [2.75, 3.05) is 0 Å². The largest absolute Gasteiger partial charge is 0.479 e. The first-order valence-corrected chi connectivity index (χ1v) is 13.5. The molecule has 0 saturated heterocycles. The summed E-state index contributed by atoms with van der Waals surface area (Å²) in [7, 11) is 0. The quantitative estimate of drug-likeness (QED) is 0.267. The van der Waals surface area contributed by atoms with Gasteiger partial charge in [0.25, 0.3) is 0 Å². The number of oxazole rings is 1. The average Bonchev–Trinajstić information content (AvgIpc) is 3.50. The minimum absolute atomic E-state index is 0.160. The van der Waals surface area contributed by atoms with Crippen LogP contribution < -0.4 is 0 Å². The van der Waals surface area contributed by atoms with Crippen molar-refractivity contribution in [3.63, 3.8) is 0 Å². The number of nitrogens with zero attached hydrogens (tertiary/aromatic N) is 4. The molecule has 3 aromatic heterocycles. The van der Waals surface area contributed by atoms with Crippen LogP contribution in [0.3, 0.4) is 0 Å². The molecular formula is C31H35FN4O4. The first kappa shape index (κ1) is 27.7. The van der Waals surface area contributed by atoms with Crippen LogP contribution in [0.2, 0.25) is 0 Å². The van der Waals surface area contributed by atoms with Crippen LogP contribution in [0.25, 0.3) is 22.8 Å². The number of carboxylic acids is 1. The van der Waals surface area contributed by atoms with E-state index < -0.39 is 17.7 Å². The van der Waals surface area contributed by atoms with Crippen molar-refractivity contribution in [1.29, 1.82) is 0 Å². The molecule has 5 rings (SSSR count). The number of hydrogen-bond acceptors (Lipinski definition) is 6. The van der Waals surface area contributed by atoms with Crippen molar-refractivity contribution in [1.82, 2.24) is 19.6 Å². The molecule has 1 aliphatic carbocycles. The highest BCUT2D eigenvalue weighted by molar-refractivity contribution is 5.80. The van der Waals surface area contributed by atoms with Crippen LogP contribution in [0, 0.1) is 18.2 Å². The Morgan fingerprint density at radius 2 is 1.98 bits per heavy atom. The molecule has 0 amide bonds. The van der Waals surface area contributed by atoms with Crippen LogP contribution >= 0.6 is 0 Å². The Morgan fingerprint density at radius 1 is 1.25 bits per heavy atom. The lowest BCUT2D eigenvalue weighted by atomic mass is 9.77. The summed E-state index contributed by atoms with van der Waals surface area (Å²) < 4.78 is 27.1. The number of benzene rings is 1. The standard InChI is InChI=1S/C31H35FN4O4/c1-18-25(27(29(37)38)40-30(2,3)4)26(20-11-13-31(5,6)14-12-20)36-24(34-18)16-23(35-36)28-33-17-22(39-28)15-19-7-9-21(32)10-8-19/h7-11,16-17,27H,12-15H2,1-6H3,(H,37,38). The third kappa shape index (κ3) is 5.84. The van der Waals surface area contributed by atoms with Crippen molar-refractivity contribution >= 4 is 17.2 Å². The van der Waals surface area contributed by atoms with Gasteiger partial charge in [-0.25, -0.2) is 23.7 Å². The van der Waals surface area contributed by atoms with E-state index in [9.17, 15) is 14.3 Å². The Kier molecular flexibility index (Phi) is 7.12. The number of halogens is 1. The number of aliphatic carboxylic acids is 1. The highest BCUT2D eigenvalue weighted by Gasteiger charge is 2.35. The Labute approximate surface area is 232 Å². The summed E-state index contributed by atoms with van der Waals surface area (Å²) >= 11 is 0. The Hall–Kier alpha value is -3.85. The minimum Gasteiger partial charge on any atom is -0.479 e. The van der Waals surface area contributed by atoms with E-state index in [1.165, 1.54) is 12.1 Å². The lowest BCUT2D eigenvalue weighted by Crippen LogP contribution is -2.29. The monoisotopic (exact) mass is 546 g/mol. The summed E-state index contributed by atoms with van der Waals surface area (Å²) in [6.45, 7) is 11.8. The molecule has 1 aromatic carbocycles. The summed E-state index contributed by atoms with van der Waals surface area (Å²) in [6.07, 6.45) is 5.65. The van der Waals surface area contributed by atoms with Crippen LogP contribution in [0.4, 0.5) is 4.39 Å². The minimum atomic E-state index is -1.22. The van der Waals surface area contributed by atoms with Gasteiger partial charge in [0.15, 0.2) is 17.4 Å². The van der Waals surface area contributed by atoms with Crippen molar-refractivity contribution in [2.24, 2.45) is 5.41 Å². The third-order valence-corrected chi connectivity index (χ3v) is 7.13. The maximum Gasteiger partial charge on any atom is 0.337 e. The van der Waals surface area contributed by atoms with Crippen LogP contribution in [-0.2, 0) is 16.0 Å². The number of ether oxygens (including phenoxy) is 1. The Balaban J connectivity index is 1.62. The number of aryl methyl sites for hydroxylation is 1. The first-order chi connectivity index (χ1) is 18.8. The van der Waals surface area contributed by atoms with Crippen LogP contribution in [0.15, 0.2) is 47.0 Å². The fourth-order valence-electron chi connectivity index (χ4n) is 5.05. The van der Waals surface area contributed by atoms with Gasteiger partial charge in [0.05, 0.1) is 17.5 Å². The molecular weight excluding hydrogens is 511 g/mol. The zero-order valence-corrected chi connectivity index (χ0v) is 23.8. The molecule has 8 nitrogen and oxygen atoms in total. The summed E-state index contributed by atoms with van der Waals surface area (Å²) in [5, 5.41) is 15.1. The van der Waals surface area contributed by atoms with Gasteiger partial charge in [0.1, 0.15) is 11.6 Å². The van der Waals surface area contributed by atoms with Crippen molar-refractivity contribution in [3.8, 4) is 11.6 Å². The molecule has 0 radical (unpaired) electrons. The lowest BCUT2D eigenvalue weighted by Gasteiger charge is -2.31. The normalized spacial score (nSPS) is 16.2. The zero-order chi connectivity index (χ0) is 28.8. The van der Waals surface area contributed by atoms with E-state index in [0.717, 1.165) is 30.4 Å². The fourth-order valence-corrected chi connectivity index (χ4v) is 5.05. The van der Waals surface area contributed by atoms with E-state index in [1.807, 2.05) is 27.7 Å². The molecule has 1 unspecified atom stereocenters. The molecule has 0 aliphatic heterocycles. The van der Waals surface area contributed by atoms with Gasteiger partial charge in [-0.15, -0.1) is 0 Å². The van der Waals surface area contributed by atoms with Crippen molar-refractivity contribution in [2.45, 2.75) is 78.9 Å². The van der Waals surface area contributed by atoms with E-state index in [4.69, 9.17) is 19.2 Å². The molecule has 210 valence electrons. The van der Waals surface area contributed by atoms with Gasteiger partial charge in [-0.1, -0.05) is 32.1 Å². The summed E-state index contributed by atoms with van der Waals surface area (Å²) in [5.74, 6) is -0.431. The van der Waals surface area contributed by atoms with Gasteiger partial charge in [-0.3, -0.25) is 0 Å². The highest BCUT2D eigenvalue weighted by atomic mass is 19.1. The van der Waals surface area contributed by atoms with Crippen LogP contribution in [0.5, 0.6) is 0 Å². The molecule has 1 N–H and O–H groups in total. The number of allylic oxidation sites excluding steroid dienone is 2. The summed E-state index contributed by atoms with van der Waals surface area (Å²) in [6, 6.07) is 8.04. The lowest BCUT2D eigenvalue weighted by molar-refractivity contribution is -0.160. The zero-order valence-electron chi connectivity index (χ0n) is 23.8. The molecule has 40 heavy (non-hydrogen) atoms. The first-order valence-electron chi connectivity index (χ1n) is 13.5.